The first-order valence-corrected chi connectivity index (χ1v) is 19.6. The fourth-order valence-corrected chi connectivity index (χ4v) is 6.66. The minimum atomic E-state index is -4.56. The van der Waals surface area contributed by atoms with E-state index in [1.54, 1.807) is 12.1 Å². The molecule has 0 bridgehead atoms. The number of hydrogen-bond acceptors (Lipinski definition) is 10. The van der Waals surface area contributed by atoms with Crippen LogP contribution in [0.3, 0.4) is 0 Å². The third kappa shape index (κ3) is 11.2. The van der Waals surface area contributed by atoms with E-state index < -0.39 is 30.4 Å². The zero-order valence-electron chi connectivity index (χ0n) is 28.8. The molecule has 12 nitrogen and oxygen atoms in total. The van der Waals surface area contributed by atoms with Crippen LogP contribution in [0.15, 0.2) is 171 Å². The first-order chi connectivity index (χ1) is 24.6. The van der Waals surface area contributed by atoms with E-state index in [9.17, 15) is 38.9 Å². The van der Waals surface area contributed by atoms with Crippen molar-refractivity contribution in [3.05, 3.63) is 162 Å². The molecule has 5 aromatic carbocycles. The number of allylic oxidation sites excluding steroid dienone is 5. The summed E-state index contributed by atoms with van der Waals surface area (Å²) in [7, 11) is -13.2. The van der Waals surface area contributed by atoms with Gasteiger partial charge in [0.05, 0.1) is 26.1 Å². The molecule has 0 fully saturated rings. The topological polar surface area (TPSA) is 202 Å². The molecule has 17 heteroatoms. The van der Waals surface area contributed by atoms with Crippen molar-refractivity contribution in [3.63, 3.8) is 0 Å². The van der Waals surface area contributed by atoms with Gasteiger partial charge < -0.3 is 15.2 Å². The summed E-state index contributed by atoms with van der Waals surface area (Å²) in [4.78, 5) is 3.79. The molecule has 0 saturated heterocycles. The Balaban J connectivity index is 0.00000325. The third-order valence-corrected chi connectivity index (χ3v) is 10.4. The van der Waals surface area contributed by atoms with E-state index in [4.69, 9.17) is 0 Å². The van der Waals surface area contributed by atoms with Crippen molar-refractivity contribution in [3.8, 4) is 0 Å². The summed E-state index contributed by atoms with van der Waals surface area (Å²) in [5.74, 6) is 0. The third-order valence-electron chi connectivity index (χ3n) is 7.77. The molecule has 0 radical (unpaired) electrons. The summed E-state index contributed by atoms with van der Waals surface area (Å²) in [5, 5.41) is 6.40. The van der Waals surface area contributed by atoms with Crippen LogP contribution in [-0.4, -0.2) is 44.6 Å². The molecule has 0 amide bonds. The molecule has 4 N–H and O–H groups in total. The fraction of sp³-hybridized carbons (Fsp3) is 0. The number of rotatable bonds is 10. The maximum absolute atomic E-state index is 11.4. The molecule has 0 heterocycles. The zero-order chi connectivity index (χ0) is 37.1. The van der Waals surface area contributed by atoms with Crippen LogP contribution in [0.1, 0.15) is 11.1 Å². The van der Waals surface area contributed by atoms with Crippen LogP contribution in [0.2, 0.25) is 0 Å². The van der Waals surface area contributed by atoms with Crippen LogP contribution < -0.4 is 69.7 Å². The van der Waals surface area contributed by atoms with Crippen LogP contribution in [0.4, 0.5) is 28.4 Å². The number of nitrogens with one attached hydrogen (secondary N) is 2. The number of aliphatic imine (C=N–C) groups is 1. The SMILES string of the molecule is O=S(=O)([O-])c1ccc(Nc2ccc(C(=C3C=CC(=Nc4ccc(S(=O)(=O)O)cc4)C=C3)c3ccc(Nc4ccc(S(=O)(=O)O)cc4)cc3)cc2)cc1.[Na+].[Na+]. The van der Waals surface area contributed by atoms with Crippen molar-refractivity contribution in [1.82, 2.24) is 0 Å². The average molecular weight is 801 g/mol. The van der Waals surface area contributed by atoms with Crippen molar-refractivity contribution in [1.29, 1.82) is 0 Å². The second-order valence-electron chi connectivity index (χ2n) is 11.4. The maximum atomic E-state index is 11.4. The van der Waals surface area contributed by atoms with E-state index >= 15 is 0 Å². The molecular weight excluding hydrogens is 773 g/mol. The molecule has 0 aromatic heterocycles. The van der Waals surface area contributed by atoms with Gasteiger partial charge in [-0.1, -0.05) is 36.4 Å². The molecule has 1 aliphatic rings. The Labute approximate surface area is 357 Å². The summed E-state index contributed by atoms with van der Waals surface area (Å²) in [6, 6.07) is 31.8. The number of nitrogens with zero attached hydrogens (tertiary/aromatic N) is 1. The molecule has 264 valence electrons. The summed E-state index contributed by atoms with van der Waals surface area (Å²) in [6.45, 7) is 0. The quantitative estimate of drug-likeness (QED) is 0.117. The minimum Gasteiger partial charge on any atom is -0.744 e. The van der Waals surface area contributed by atoms with Crippen molar-refractivity contribution < 1.29 is 98.0 Å². The van der Waals surface area contributed by atoms with Crippen LogP contribution in [0, 0.1) is 0 Å². The van der Waals surface area contributed by atoms with Gasteiger partial charge in [0, 0.05) is 22.7 Å². The largest absolute Gasteiger partial charge is 1.00 e. The predicted octanol–water partition coefficient (Wildman–Crippen LogP) is 1.28. The van der Waals surface area contributed by atoms with Gasteiger partial charge in [0.25, 0.3) is 20.2 Å². The monoisotopic (exact) mass is 800 g/mol. The van der Waals surface area contributed by atoms with Gasteiger partial charge in [-0.25, -0.2) is 13.4 Å². The Hall–Kier alpha value is -3.68. The van der Waals surface area contributed by atoms with Gasteiger partial charge in [-0.3, -0.25) is 9.11 Å². The number of hydrogen-bond donors (Lipinski definition) is 4. The average Bonchev–Trinajstić information content (AvgIpc) is 3.10. The molecule has 0 atom stereocenters. The van der Waals surface area contributed by atoms with Crippen molar-refractivity contribution in [2.24, 2.45) is 4.99 Å². The first-order valence-electron chi connectivity index (χ1n) is 15.3. The normalized spacial score (nSPS) is 12.6. The van der Waals surface area contributed by atoms with Crippen molar-refractivity contribution in [2.45, 2.75) is 14.7 Å². The van der Waals surface area contributed by atoms with Crippen molar-refractivity contribution in [2.75, 3.05) is 10.6 Å². The smallest absolute Gasteiger partial charge is 0.744 e. The standard InChI is InChI=1S/C37H29N3O9S3.2Na/c41-50(42,43)34-19-13-31(14-20-34)38-28-7-1-25(2-8-28)37(26-3-9-29(10-4-26)39-32-15-21-35(22-16-32)51(44,45)46)27-5-11-30(12-6-27)40-33-17-23-36(24-18-33)52(47,48)49;;/h1-24,38-39H,(H,41,42,43)(H,44,45,46)(H,47,48,49);;/q;2*+1/p-1. The molecule has 0 aliphatic heterocycles. The molecule has 6 rings (SSSR count). The van der Waals surface area contributed by atoms with E-state index in [0.717, 1.165) is 33.6 Å². The van der Waals surface area contributed by atoms with Gasteiger partial charge in [-0.2, -0.15) is 16.8 Å². The second kappa shape index (κ2) is 17.8. The Morgan fingerprint density at radius 2 is 0.815 bits per heavy atom. The predicted molar refractivity (Wildman–Crippen MR) is 198 cm³/mol. The summed E-state index contributed by atoms with van der Waals surface area (Å²) < 4.78 is 97.9. The Morgan fingerprint density at radius 3 is 1.17 bits per heavy atom. The molecule has 0 unspecified atom stereocenters. The van der Waals surface area contributed by atoms with E-state index in [0.29, 0.717) is 22.8 Å². The second-order valence-corrected chi connectivity index (χ2v) is 15.6. The van der Waals surface area contributed by atoms with E-state index in [2.05, 4.69) is 15.6 Å². The van der Waals surface area contributed by atoms with Gasteiger partial charge in [0.2, 0.25) is 0 Å². The minimum absolute atomic E-state index is 0. The first kappa shape index (κ1) is 43.1. The molecular formula is C37H28N3Na2O9S3+. The molecule has 0 saturated carbocycles. The van der Waals surface area contributed by atoms with E-state index in [1.165, 1.54) is 60.7 Å². The summed E-state index contributed by atoms with van der Waals surface area (Å²) >= 11 is 0. The summed E-state index contributed by atoms with van der Waals surface area (Å²) in [6.07, 6.45) is 7.45. The van der Waals surface area contributed by atoms with Crippen LogP contribution in [0.5, 0.6) is 0 Å². The Morgan fingerprint density at radius 1 is 0.481 bits per heavy atom. The van der Waals surface area contributed by atoms with Crippen molar-refractivity contribution >= 4 is 70.1 Å². The fourth-order valence-electron chi connectivity index (χ4n) is 5.23. The Bertz CT molecular complexity index is 2450. The van der Waals surface area contributed by atoms with E-state index in [1.807, 2.05) is 72.8 Å². The van der Waals surface area contributed by atoms with Gasteiger partial charge >= 0.3 is 59.1 Å². The number of benzene rings is 5. The van der Waals surface area contributed by atoms with Crippen LogP contribution in [-0.2, 0) is 30.4 Å². The Kier molecular flexibility index (Phi) is 14.2. The molecule has 1 aliphatic carbocycles. The number of anilines is 4. The molecule has 54 heavy (non-hydrogen) atoms. The zero-order valence-corrected chi connectivity index (χ0v) is 35.2. The van der Waals surface area contributed by atoms with Gasteiger partial charge in [-0.15, -0.1) is 0 Å². The van der Waals surface area contributed by atoms with E-state index in [-0.39, 0.29) is 73.8 Å². The van der Waals surface area contributed by atoms with Gasteiger partial charge in [0.1, 0.15) is 10.1 Å². The summed E-state index contributed by atoms with van der Waals surface area (Å²) in [5.41, 5.74) is 7.22. The van der Waals surface area contributed by atoms with Gasteiger partial charge in [-0.05, 0) is 131 Å². The van der Waals surface area contributed by atoms with Crippen LogP contribution >= 0.6 is 0 Å². The molecule has 5 aromatic rings. The van der Waals surface area contributed by atoms with Crippen LogP contribution in [0.25, 0.3) is 5.57 Å². The molecule has 0 spiro atoms. The van der Waals surface area contributed by atoms with Gasteiger partial charge in [0.15, 0.2) is 0 Å². The maximum Gasteiger partial charge on any atom is 1.00 e.